The van der Waals surface area contributed by atoms with Crippen molar-refractivity contribution >= 4 is 5.97 Å². The molecule has 2 aromatic rings. The second-order valence-electron chi connectivity index (χ2n) is 6.69. The van der Waals surface area contributed by atoms with Crippen LogP contribution in [-0.2, 0) is 16.1 Å². The maximum absolute atomic E-state index is 12.2. The first-order valence-electron chi connectivity index (χ1n) is 9.32. The van der Waals surface area contributed by atoms with Gasteiger partial charge in [0.2, 0.25) is 0 Å². The summed E-state index contributed by atoms with van der Waals surface area (Å²) in [4.78, 5) is 12.2. The number of rotatable bonds is 6. The summed E-state index contributed by atoms with van der Waals surface area (Å²) in [5.74, 6) is -0.0450. The van der Waals surface area contributed by atoms with Gasteiger partial charge in [0.25, 0.3) is 0 Å². The van der Waals surface area contributed by atoms with Gasteiger partial charge in [0.05, 0.1) is 12.5 Å². The van der Waals surface area contributed by atoms with E-state index in [0.29, 0.717) is 6.61 Å². The Kier molecular flexibility index (Phi) is 6.24. The third-order valence-electron chi connectivity index (χ3n) is 4.98. The third kappa shape index (κ3) is 4.70. The molecule has 3 rings (SSSR count). The summed E-state index contributed by atoms with van der Waals surface area (Å²) in [6.45, 7) is 3.12. The van der Waals surface area contributed by atoms with Crippen molar-refractivity contribution in [3.05, 3.63) is 60.2 Å². The summed E-state index contributed by atoms with van der Waals surface area (Å²) in [6, 6.07) is 19.3. The summed E-state index contributed by atoms with van der Waals surface area (Å²) >= 11 is 0. The number of nitrogens with one attached hydrogen (secondary N) is 1. The van der Waals surface area contributed by atoms with Crippen molar-refractivity contribution in [1.29, 1.82) is 0 Å². The van der Waals surface area contributed by atoms with E-state index in [9.17, 15) is 4.79 Å². The molecule has 1 aliphatic rings. The molecule has 0 radical (unpaired) electrons. The van der Waals surface area contributed by atoms with Gasteiger partial charge in [-0.2, -0.15) is 0 Å². The van der Waals surface area contributed by atoms with E-state index in [1.54, 1.807) is 0 Å². The predicted molar refractivity (Wildman–Crippen MR) is 101 cm³/mol. The topological polar surface area (TPSA) is 38.3 Å². The van der Waals surface area contributed by atoms with Gasteiger partial charge in [0.15, 0.2) is 0 Å². The minimum Gasteiger partial charge on any atom is -0.466 e. The first-order chi connectivity index (χ1) is 12.3. The Morgan fingerprint density at radius 2 is 1.68 bits per heavy atom. The lowest BCUT2D eigenvalue weighted by Gasteiger charge is -2.30. The molecule has 1 saturated carbocycles. The highest BCUT2D eigenvalue weighted by Gasteiger charge is 2.31. The van der Waals surface area contributed by atoms with Gasteiger partial charge in [-0.15, -0.1) is 0 Å². The second kappa shape index (κ2) is 8.82. The molecule has 0 amide bonds. The molecule has 0 bridgehead atoms. The summed E-state index contributed by atoms with van der Waals surface area (Å²) in [5, 5.41) is 3.59. The van der Waals surface area contributed by atoms with Crippen molar-refractivity contribution in [3.8, 4) is 11.1 Å². The lowest BCUT2D eigenvalue weighted by Crippen LogP contribution is -2.42. The summed E-state index contributed by atoms with van der Waals surface area (Å²) < 4.78 is 5.25. The van der Waals surface area contributed by atoms with E-state index in [2.05, 4.69) is 53.8 Å². The molecule has 0 unspecified atom stereocenters. The Bertz CT molecular complexity index is 666. The van der Waals surface area contributed by atoms with Gasteiger partial charge in [0.1, 0.15) is 0 Å². The van der Waals surface area contributed by atoms with Crippen molar-refractivity contribution in [2.75, 3.05) is 6.61 Å². The van der Waals surface area contributed by atoms with Gasteiger partial charge in [-0.05, 0) is 36.5 Å². The fourth-order valence-electron chi connectivity index (χ4n) is 3.60. The van der Waals surface area contributed by atoms with Crippen molar-refractivity contribution < 1.29 is 9.53 Å². The number of hydrogen-bond acceptors (Lipinski definition) is 3. The molecule has 1 aliphatic carbocycles. The van der Waals surface area contributed by atoms with Gasteiger partial charge in [-0.25, -0.2) is 0 Å². The monoisotopic (exact) mass is 337 g/mol. The molecule has 0 aromatic heterocycles. The average molecular weight is 337 g/mol. The number of hydrogen-bond donors (Lipinski definition) is 1. The quantitative estimate of drug-likeness (QED) is 0.785. The highest BCUT2D eigenvalue weighted by molar-refractivity contribution is 5.73. The Balaban J connectivity index is 1.59. The van der Waals surface area contributed by atoms with E-state index < -0.39 is 0 Å². The normalized spacial score (nSPS) is 20.2. The zero-order valence-corrected chi connectivity index (χ0v) is 14.9. The van der Waals surface area contributed by atoms with Crippen LogP contribution in [-0.4, -0.2) is 18.6 Å². The van der Waals surface area contributed by atoms with Crippen molar-refractivity contribution in [1.82, 2.24) is 5.32 Å². The van der Waals surface area contributed by atoms with Crippen LogP contribution < -0.4 is 5.32 Å². The molecule has 0 heterocycles. The van der Waals surface area contributed by atoms with Crippen LogP contribution in [0.5, 0.6) is 0 Å². The smallest absolute Gasteiger partial charge is 0.310 e. The van der Waals surface area contributed by atoms with Crippen LogP contribution in [0.4, 0.5) is 0 Å². The molecule has 0 aliphatic heterocycles. The molecule has 1 N–H and O–H groups in total. The number of ether oxygens (including phenoxy) is 1. The van der Waals surface area contributed by atoms with Crippen LogP contribution in [0.3, 0.4) is 0 Å². The van der Waals surface area contributed by atoms with Crippen molar-refractivity contribution in [3.63, 3.8) is 0 Å². The summed E-state index contributed by atoms with van der Waals surface area (Å²) in [6.07, 6.45) is 4.28. The fraction of sp³-hybridized carbons (Fsp3) is 0.409. The predicted octanol–water partition coefficient (Wildman–Crippen LogP) is 4.57. The lowest BCUT2D eigenvalue weighted by atomic mass is 9.84. The molecule has 1 fully saturated rings. The number of carbonyl (C=O) groups excluding carboxylic acids is 1. The van der Waals surface area contributed by atoms with Crippen LogP contribution in [0.2, 0.25) is 0 Å². The third-order valence-corrected chi connectivity index (χ3v) is 4.98. The Morgan fingerprint density at radius 3 is 2.40 bits per heavy atom. The standard InChI is InChI=1S/C22H27NO2/c1-2-25-22(24)20-10-6-7-11-21(20)23-16-17-12-14-19(15-13-17)18-8-4-3-5-9-18/h3-5,8-9,12-15,20-21,23H,2,6-7,10-11,16H2,1H3/t20-,21+/m1/s1. The molecule has 132 valence electrons. The zero-order chi connectivity index (χ0) is 17.5. The molecular weight excluding hydrogens is 310 g/mol. The lowest BCUT2D eigenvalue weighted by molar-refractivity contribution is -0.150. The maximum Gasteiger partial charge on any atom is 0.310 e. The van der Waals surface area contributed by atoms with Gasteiger partial charge in [-0.1, -0.05) is 67.4 Å². The average Bonchev–Trinajstić information content (AvgIpc) is 2.68. The minimum atomic E-state index is -0.0425. The Hall–Kier alpha value is -2.13. The maximum atomic E-state index is 12.2. The van der Waals surface area contributed by atoms with Gasteiger partial charge in [0, 0.05) is 12.6 Å². The minimum absolute atomic E-state index is 0.00251. The molecular formula is C22H27NO2. The fourth-order valence-corrected chi connectivity index (χ4v) is 3.60. The van der Waals surface area contributed by atoms with Gasteiger partial charge in [-0.3, -0.25) is 4.79 Å². The van der Waals surface area contributed by atoms with Crippen LogP contribution >= 0.6 is 0 Å². The SMILES string of the molecule is CCOC(=O)[C@@H]1CCCC[C@@H]1NCc1ccc(-c2ccccc2)cc1. The molecule has 3 heteroatoms. The molecule has 3 nitrogen and oxygen atoms in total. The summed E-state index contributed by atoms with van der Waals surface area (Å²) in [7, 11) is 0. The highest BCUT2D eigenvalue weighted by atomic mass is 16.5. The molecule has 2 atom stereocenters. The van der Waals surface area contributed by atoms with Gasteiger partial charge < -0.3 is 10.1 Å². The van der Waals surface area contributed by atoms with Gasteiger partial charge >= 0.3 is 5.97 Å². The van der Waals surface area contributed by atoms with E-state index in [-0.39, 0.29) is 17.9 Å². The number of carbonyl (C=O) groups is 1. The largest absolute Gasteiger partial charge is 0.466 e. The molecule has 0 saturated heterocycles. The van der Waals surface area contributed by atoms with Crippen molar-refractivity contribution in [2.45, 2.75) is 45.2 Å². The van der Waals surface area contributed by atoms with Crippen LogP contribution in [0.1, 0.15) is 38.2 Å². The summed E-state index contributed by atoms with van der Waals surface area (Å²) in [5.41, 5.74) is 3.70. The first kappa shape index (κ1) is 17.7. The zero-order valence-electron chi connectivity index (χ0n) is 14.9. The molecule has 0 spiro atoms. The van der Waals surface area contributed by atoms with Crippen molar-refractivity contribution in [2.24, 2.45) is 5.92 Å². The first-order valence-corrected chi connectivity index (χ1v) is 9.32. The number of esters is 1. The van der Waals surface area contributed by atoms with E-state index in [0.717, 1.165) is 25.8 Å². The van der Waals surface area contributed by atoms with E-state index in [1.807, 2.05) is 13.0 Å². The van der Waals surface area contributed by atoms with Crippen LogP contribution in [0, 0.1) is 5.92 Å². The van der Waals surface area contributed by atoms with E-state index >= 15 is 0 Å². The van der Waals surface area contributed by atoms with Crippen LogP contribution in [0.25, 0.3) is 11.1 Å². The Morgan fingerprint density at radius 1 is 1.00 bits per heavy atom. The highest BCUT2D eigenvalue weighted by Crippen LogP contribution is 2.26. The Labute approximate surface area is 150 Å². The molecule has 25 heavy (non-hydrogen) atoms. The number of benzene rings is 2. The van der Waals surface area contributed by atoms with Crippen LogP contribution in [0.15, 0.2) is 54.6 Å². The van der Waals surface area contributed by atoms with E-state index in [1.165, 1.54) is 23.1 Å². The van der Waals surface area contributed by atoms with E-state index in [4.69, 9.17) is 4.74 Å². The molecule has 2 aromatic carbocycles. The second-order valence-corrected chi connectivity index (χ2v) is 6.69.